The molecule has 1 saturated heterocycles. The number of carbonyl (C=O) groups excluding carboxylic acids is 2. The second-order valence-electron chi connectivity index (χ2n) is 7.70. The average molecular weight is 418 g/mol. The maximum absolute atomic E-state index is 12.4. The van der Waals surface area contributed by atoms with E-state index >= 15 is 0 Å². The van der Waals surface area contributed by atoms with Gasteiger partial charge in [0.05, 0.1) is 17.8 Å². The van der Waals surface area contributed by atoms with Crippen LogP contribution in [0.4, 0.5) is 11.5 Å². The van der Waals surface area contributed by atoms with E-state index in [1.54, 1.807) is 12.3 Å². The van der Waals surface area contributed by atoms with Crippen molar-refractivity contribution in [2.75, 3.05) is 23.3 Å². The van der Waals surface area contributed by atoms with Crippen LogP contribution in [0.1, 0.15) is 31.1 Å². The van der Waals surface area contributed by atoms with E-state index in [0.29, 0.717) is 12.2 Å². The molecule has 31 heavy (non-hydrogen) atoms. The molecule has 1 unspecified atom stereocenters. The number of fused-ring (bicyclic) bond motifs is 1. The van der Waals surface area contributed by atoms with Crippen LogP contribution in [0.3, 0.4) is 0 Å². The Morgan fingerprint density at radius 3 is 2.87 bits per heavy atom. The largest absolute Gasteiger partial charge is 0.460 e. The molecule has 0 spiro atoms. The van der Waals surface area contributed by atoms with Crippen LogP contribution in [-0.4, -0.2) is 29.9 Å². The third-order valence-electron chi connectivity index (χ3n) is 5.60. The second kappa shape index (κ2) is 9.04. The molecule has 0 saturated carbocycles. The SMILES string of the molecule is CCc1oc2ccccc2c1/C=C/C(=O)Nc1ccc(N2CCCC(C(N)=O)C2)nc1. The topological polar surface area (TPSA) is 101 Å². The third-order valence-corrected chi connectivity index (χ3v) is 5.60. The maximum Gasteiger partial charge on any atom is 0.248 e. The predicted octanol–water partition coefficient (Wildman–Crippen LogP) is 3.74. The quantitative estimate of drug-likeness (QED) is 0.594. The van der Waals surface area contributed by atoms with E-state index in [1.165, 1.54) is 6.08 Å². The fourth-order valence-electron chi connectivity index (χ4n) is 3.97. The fourth-order valence-corrected chi connectivity index (χ4v) is 3.97. The lowest BCUT2D eigenvalue weighted by atomic mass is 9.97. The standard InChI is InChI=1S/C24H26N4O3/c1-2-20-19(18-7-3-4-8-21(18)31-20)10-12-23(29)27-17-9-11-22(26-14-17)28-13-5-6-16(15-28)24(25)30/h3-4,7-12,14,16H,2,5-6,13,15H2,1H3,(H2,25,30)(H,27,29)/b12-10+. The molecule has 1 atom stereocenters. The molecular formula is C24H26N4O3. The number of hydrogen-bond donors (Lipinski definition) is 2. The van der Waals surface area contributed by atoms with Gasteiger partial charge in [-0.05, 0) is 37.1 Å². The molecule has 3 heterocycles. The summed E-state index contributed by atoms with van der Waals surface area (Å²) in [6, 6.07) is 11.5. The zero-order valence-corrected chi connectivity index (χ0v) is 17.5. The lowest BCUT2D eigenvalue weighted by molar-refractivity contribution is -0.122. The summed E-state index contributed by atoms with van der Waals surface area (Å²) in [6.45, 7) is 3.44. The van der Waals surface area contributed by atoms with Gasteiger partial charge in [-0.25, -0.2) is 4.98 Å². The van der Waals surface area contributed by atoms with Crippen molar-refractivity contribution in [3.8, 4) is 0 Å². The van der Waals surface area contributed by atoms with Crippen molar-refractivity contribution < 1.29 is 14.0 Å². The van der Waals surface area contributed by atoms with Gasteiger partial charge >= 0.3 is 0 Å². The zero-order valence-electron chi connectivity index (χ0n) is 17.5. The van der Waals surface area contributed by atoms with Crippen LogP contribution in [0, 0.1) is 5.92 Å². The van der Waals surface area contributed by atoms with Crippen LogP contribution < -0.4 is 16.0 Å². The summed E-state index contributed by atoms with van der Waals surface area (Å²) in [5.41, 5.74) is 7.80. The van der Waals surface area contributed by atoms with Crippen molar-refractivity contribution in [1.82, 2.24) is 4.98 Å². The Balaban J connectivity index is 1.42. The molecule has 0 aliphatic carbocycles. The number of amides is 2. The van der Waals surface area contributed by atoms with Gasteiger partial charge in [0.25, 0.3) is 0 Å². The van der Waals surface area contributed by atoms with Gasteiger partial charge in [0.1, 0.15) is 17.2 Å². The summed E-state index contributed by atoms with van der Waals surface area (Å²) in [5.74, 6) is 0.974. The number of carbonyl (C=O) groups is 2. The monoisotopic (exact) mass is 418 g/mol. The molecule has 1 aliphatic rings. The number of nitrogens with one attached hydrogen (secondary N) is 1. The Labute approximate surface area is 180 Å². The number of aromatic nitrogens is 1. The first-order chi connectivity index (χ1) is 15.0. The van der Waals surface area contributed by atoms with Gasteiger partial charge in [-0.1, -0.05) is 25.1 Å². The lowest BCUT2D eigenvalue weighted by Gasteiger charge is -2.32. The minimum atomic E-state index is -0.267. The van der Waals surface area contributed by atoms with Gasteiger partial charge < -0.3 is 20.4 Å². The Morgan fingerprint density at radius 1 is 1.29 bits per heavy atom. The second-order valence-corrected chi connectivity index (χ2v) is 7.70. The molecule has 1 aromatic carbocycles. The Kier molecular flexibility index (Phi) is 6.02. The van der Waals surface area contributed by atoms with Gasteiger partial charge in [0, 0.05) is 36.5 Å². The lowest BCUT2D eigenvalue weighted by Crippen LogP contribution is -2.41. The van der Waals surface area contributed by atoms with E-state index in [2.05, 4.69) is 15.2 Å². The third kappa shape index (κ3) is 4.60. The van der Waals surface area contributed by atoms with E-state index in [0.717, 1.165) is 53.9 Å². The normalized spacial score (nSPS) is 16.7. The number of hydrogen-bond acceptors (Lipinski definition) is 5. The summed E-state index contributed by atoms with van der Waals surface area (Å²) in [5, 5.41) is 3.83. The number of nitrogens with two attached hydrogens (primary N) is 1. The Morgan fingerprint density at radius 2 is 2.13 bits per heavy atom. The molecule has 1 aliphatic heterocycles. The zero-order chi connectivity index (χ0) is 21.8. The van der Waals surface area contributed by atoms with Gasteiger partial charge in [-0.15, -0.1) is 0 Å². The summed E-state index contributed by atoms with van der Waals surface area (Å²) >= 11 is 0. The molecule has 1 fully saturated rings. The molecule has 160 valence electrons. The Bertz CT molecular complexity index is 1120. The molecule has 3 aromatic rings. The first kappa shape index (κ1) is 20.7. The number of furan rings is 1. The number of aryl methyl sites for hydroxylation is 1. The fraction of sp³-hybridized carbons (Fsp3) is 0.292. The molecule has 2 aromatic heterocycles. The van der Waals surface area contributed by atoms with Crippen LogP contribution in [0.15, 0.2) is 53.1 Å². The molecular weight excluding hydrogens is 392 g/mol. The van der Waals surface area contributed by atoms with E-state index in [9.17, 15) is 9.59 Å². The minimum Gasteiger partial charge on any atom is -0.460 e. The van der Waals surface area contributed by atoms with Crippen molar-refractivity contribution >= 4 is 40.4 Å². The highest BCUT2D eigenvalue weighted by molar-refractivity contribution is 6.03. The van der Waals surface area contributed by atoms with Crippen LogP contribution in [0.25, 0.3) is 17.0 Å². The van der Waals surface area contributed by atoms with Crippen molar-refractivity contribution in [2.45, 2.75) is 26.2 Å². The number of para-hydroxylation sites is 1. The number of primary amides is 1. The van der Waals surface area contributed by atoms with Crippen LogP contribution in [0.5, 0.6) is 0 Å². The van der Waals surface area contributed by atoms with Crippen molar-refractivity contribution in [3.05, 3.63) is 60.0 Å². The van der Waals surface area contributed by atoms with Crippen molar-refractivity contribution in [2.24, 2.45) is 11.7 Å². The number of rotatable bonds is 6. The smallest absolute Gasteiger partial charge is 0.248 e. The van der Waals surface area contributed by atoms with Gasteiger partial charge in [0.2, 0.25) is 11.8 Å². The van der Waals surface area contributed by atoms with Crippen LogP contribution >= 0.6 is 0 Å². The first-order valence-corrected chi connectivity index (χ1v) is 10.5. The highest BCUT2D eigenvalue weighted by Gasteiger charge is 2.24. The van der Waals surface area contributed by atoms with E-state index in [1.807, 2.05) is 43.3 Å². The van der Waals surface area contributed by atoms with Gasteiger partial charge in [0.15, 0.2) is 0 Å². The summed E-state index contributed by atoms with van der Waals surface area (Å²) in [4.78, 5) is 30.4. The van der Waals surface area contributed by atoms with Crippen molar-refractivity contribution in [3.63, 3.8) is 0 Å². The molecule has 2 amide bonds. The molecule has 3 N–H and O–H groups in total. The maximum atomic E-state index is 12.4. The number of pyridine rings is 1. The first-order valence-electron chi connectivity index (χ1n) is 10.5. The Hall–Kier alpha value is -3.61. The van der Waals surface area contributed by atoms with Gasteiger partial charge in [-0.2, -0.15) is 0 Å². The van der Waals surface area contributed by atoms with E-state index in [-0.39, 0.29) is 17.7 Å². The summed E-state index contributed by atoms with van der Waals surface area (Å²) < 4.78 is 5.87. The molecule has 0 bridgehead atoms. The molecule has 7 nitrogen and oxygen atoms in total. The summed E-state index contributed by atoms with van der Waals surface area (Å²) in [6.07, 6.45) is 7.39. The van der Waals surface area contributed by atoms with E-state index in [4.69, 9.17) is 10.2 Å². The number of benzene rings is 1. The minimum absolute atomic E-state index is 0.146. The van der Waals surface area contributed by atoms with Crippen LogP contribution in [-0.2, 0) is 16.0 Å². The summed E-state index contributed by atoms with van der Waals surface area (Å²) in [7, 11) is 0. The molecule has 7 heteroatoms. The average Bonchev–Trinajstić information content (AvgIpc) is 3.16. The van der Waals surface area contributed by atoms with Crippen LogP contribution in [0.2, 0.25) is 0 Å². The van der Waals surface area contributed by atoms with E-state index < -0.39 is 0 Å². The van der Waals surface area contributed by atoms with Gasteiger partial charge in [-0.3, -0.25) is 9.59 Å². The molecule has 4 rings (SSSR count). The number of nitrogens with zero attached hydrogens (tertiary/aromatic N) is 2. The predicted molar refractivity (Wildman–Crippen MR) is 122 cm³/mol. The highest BCUT2D eigenvalue weighted by Crippen LogP contribution is 2.27. The van der Waals surface area contributed by atoms with Crippen molar-refractivity contribution in [1.29, 1.82) is 0 Å². The number of piperidine rings is 1. The molecule has 0 radical (unpaired) electrons. The number of anilines is 2. The highest BCUT2D eigenvalue weighted by atomic mass is 16.3.